The van der Waals surface area contributed by atoms with Crippen LogP contribution in [0.4, 0.5) is 0 Å². The minimum absolute atomic E-state index is 0.00260. The molecule has 1 aliphatic heterocycles. The summed E-state index contributed by atoms with van der Waals surface area (Å²) in [5.74, 6) is -1.77. The van der Waals surface area contributed by atoms with Gasteiger partial charge in [0.1, 0.15) is 11.1 Å². The highest BCUT2D eigenvalue weighted by Gasteiger charge is 2.63. The topological polar surface area (TPSA) is 99.2 Å². The van der Waals surface area contributed by atoms with E-state index in [4.69, 9.17) is 14.2 Å². The first kappa shape index (κ1) is 25.6. The predicted octanol–water partition coefficient (Wildman–Crippen LogP) is 2.99. The van der Waals surface area contributed by atoms with Crippen molar-refractivity contribution in [1.82, 2.24) is 4.90 Å². The van der Waals surface area contributed by atoms with Crippen LogP contribution in [0.2, 0.25) is 0 Å². The van der Waals surface area contributed by atoms with E-state index in [1.54, 1.807) is 41.5 Å². The summed E-state index contributed by atoms with van der Waals surface area (Å²) in [7, 11) is 1.40. The summed E-state index contributed by atoms with van der Waals surface area (Å²) in [6, 6.07) is 0. The molecule has 1 rings (SSSR count). The Morgan fingerprint density at radius 3 is 2.21 bits per heavy atom. The lowest BCUT2D eigenvalue weighted by atomic mass is 9.87. The average Bonchev–Trinajstić information content (AvgIpc) is 2.64. The molecule has 1 fully saturated rings. The van der Waals surface area contributed by atoms with Crippen molar-refractivity contribution in [2.24, 2.45) is 5.41 Å². The maximum absolute atomic E-state index is 12.9. The van der Waals surface area contributed by atoms with E-state index < -0.39 is 41.0 Å². The van der Waals surface area contributed by atoms with Gasteiger partial charge in [-0.05, 0) is 46.6 Å². The lowest BCUT2D eigenvalue weighted by molar-refractivity contribution is -0.187. The Morgan fingerprint density at radius 1 is 1.21 bits per heavy atom. The minimum atomic E-state index is -1.21. The lowest BCUT2D eigenvalue weighted by Gasteiger charge is -2.54. The van der Waals surface area contributed by atoms with Crippen molar-refractivity contribution in [2.75, 3.05) is 19.2 Å². The molecule has 0 aromatic heterocycles. The van der Waals surface area contributed by atoms with Crippen molar-refractivity contribution in [3.05, 3.63) is 11.3 Å². The van der Waals surface area contributed by atoms with Crippen LogP contribution in [-0.2, 0) is 33.4 Å². The van der Waals surface area contributed by atoms with E-state index in [1.807, 2.05) is 0 Å². The first-order valence-electron chi connectivity index (χ1n) is 9.03. The number of hydrogen-bond donors (Lipinski definition) is 0. The van der Waals surface area contributed by atoms with E-state index in [9.17, 15) is 19.2 Å². The molecule has 0 radical (unpaired) electrons. The van der Waals surface area contributed by atoms with E-state index in [0.717, 1.165) is 11.8 Å². The van der Waals surface area contributed by atoms with Gasteiger partial charge in [-0.25, -0.2) is 4.79 Å². The molecule has 0 N–H and O–H groups in total. The second-order valence-corrected chi connectivity index (χ2v) is 9.38. The van der Waals surface area contributed by atoms with Crippen LogP contribution in [0.1, 0.15) is 48.0 Å². The molecular formula is C19H28BrNO7S. The molecule has 1 heterocycles. The number of nitrogens with zero attached hydrogens (tertiary/aromatic N) is 1. The molecule has 10 heteroatoms. The molecule has 0 bridgehead atoms. The first-order chi connectivity index (χ1) is 13.4. The Labute approximate surface area is 183 Å². The molecule has 2 atom stereocenters. The Bertz CT molecular complexity index is 706. The number of rotatable bonds is 8. The largest absolute Gasteiger partial charge is 0.427 e. The number of carbonyl (C=O) groups is 4. The number of thioether (sulfide) groups is 1. The van der Waals surface area contributed by atoms with Crippen LogP contribution in [-0.4, -0.2) is 58.1 Å². The second kappa shape index (κ2) is 10.1. The highest BCUT2D eigenvalue weighted by atomic mass is 79.9. The third kappa shape index (κ3) is 5.40. The van der Waals surface area contributed by atoms with Gasteiger partial charge < -0.3 is 14.2 Å². The van der Waals surface area contributed by atoms with Crippen molar-refractivity contribution in [3.63, 3.8) is 0 Å². The smallest absolute Gasteiger partial charge is 0.357 e. The number of carbonyl (C=O) groups excluding carboxylic acids is 4. The zero-order valence-corrected chi connectivity index (χ0v) is 20.2. The SMILES string of the molecule is CC[C@@]1(OC)C(=O)N(C(C(=O)OCOC(=O)C(C)(C)C)=C(C)C)[C@@H]1SC(=O)CBr. The lowest BCUT2D eigenvalue weighted by Crippen LogP contribution is -2.73. The molecule has 0 aromatic carbocycles. The van der Waals surface area contributed by atoms with Gasteiger partial charge in [-0.15, -0.1) is 0 Å². The number of hydrogen-bond acceptors (Lipinski definition) is 8. The number of likely N-dealkylation sites (tertiary alicyclic amines) is 1. The van der Waals surface area contributed by atoms with Gasteiger partial charge >= 0.3 is 11.9 Å². The van der Waals surface area contributed by atoms with Gasteiger partial charge in [-0.2, -0.15) is 0 Å². The maximum atomic E-state index is 12.9. The minimum Gasteiger partial charge on any atom is -0.427 e. The van der Waals surface area contributed by atoms with Crippen molar-refractivity contribution in [2.45, 2.75) is 58.9 Å². The quantitative estimate of drug-likeness (QED) is 0.167. The Balaban J connectivity index is 3.06. The van der Waals surface area contributed by atoms with E-state index in [1.165, 1.54) is 12.0 Å². The van der Waals surface area contributed by atoms with Crippen molar-refractivity contribution in [1.29, 1.82) is 0 Å². The second-order valence-electron chi connectivity index (χ2n) is 7.68. The Hall–Kier alpha value is -1.39. The molecule has 0 unspecified atom stereocenters. The number of alkyl halides is 1. The molecule has 0 aliphatic carbocycles. The number of allylic oxidation sites excluding steroid dienone is 1. The summed E-state index contributed by atoms with van der Waals surface area (Å²) in [5.41, 5.74) is -1.43. The van der Waals surface area contributed by atoms with E-state index in [0.29, 0.717) is 12.0 Å². The van der Waals surface area contributed by atoms with Gasteiger partial charge in [0.05, 0.1) is 10.7 Å². The van der Waals surface area contributed by atoms with Crippen LogP contribution in [0.3, 0.4) is 0 Å². The predicted molar refractivity (Wildman–Crippen MR) is 112 cm³/mol. The number of β-lactam (4-membered cyclic amide) rings is 1. The molecule has 0 spiro atoms. The number of methoxy groups -OCH3 is 1. The maximum Gasteiger partial charge on any atom is 0.357 e. The fraction of sp³-hybridized carbons (Fsp3) is 0.684. The molecule has 0 saturated carbocycles. The highest BCUT2D eigenvalue weighted by molar-refractivity contribution is 9.09. The molecule has 0 aromatic rings. The molecule has 1 amide bonds. The molecule has 29 heavy (non-hydrogen) atoms. The summed E-state index contributed by atoms with van der Waals surface area (Å²) < 4.78 is 15.5. The summed E-state index contributed by atoms with van der Waals surface area (Å²) >= 11 is 4.02. The fourth-order valence-corrected chi connectivity index (χ4v) is 4.27. The van der Waals surface area contributed by atoms with Gasteiger partial charge in [0.25, 0.3) is 5.91 Å². The van der Waals surface area contributed by atoms with Crippen LogP contribution >= 0.6 is 27.7 Å². The van der Waals surface area contributed by atoms with Gasteiger partial charge in [0.2, 0.25) is 11.9 Å². The molecule has 164 valence electrons. The van der Waals surface area contributed by atoms with Gasteiger partial charge in [0.15, 0.2) is 5.60 Å². The number of halogens is 1. The Morgan fingerprint density at radius 2 is 1.79 bits per heavy atom. The fourth-order valence-electron chi connectivity index (χ4n) is 2.70. The molecule has 1 saturated heterocycles. The van der Waals surface area contributed by atoms with Gasteiger partial charge in [0, 0.05) is 7.11 Å². The van der Waals surface area contributed by atoms with Crippen LogP contribution in [0.25, 0.3) is 0 Å². The number of amides is 1. The average molecular weight is 494 g/mol. The van der Waals surface area contributed by atoms with Crippen LogP contribution < -0.4 is 0 Å². The third-order valence-corrected chi connectivity index (χ3v) is 6.46. The van der Waals surface area contributed by atoms with E-state index >= 15 is 0 Å². The monoisotopic (exact) mass is 493 g/mol. The third-order valence-electron chi connectivity index (χ3n) is 4.36. The van der Waals surface area contributed by atoms with Crippen molar-refractivity contribution in [3.8, 4) is 0 Å². The molecular weight excluding hydrogens is 466 g/mol. The summed E-state index contributed by atoms with van der Waals surface area (Å²) in [5, 5.41) is -0.829. The number of esters is 2. The Kier molecular flexibility index (Phi) is 8.91. The molecule has 8 nitrogen and oxygen atoms in total. The zero-order valence-electron chi connectivity index (χ0n) is 17.8. The van der Waals surface area contributed by atoms with Crippen LogP contribution in [0.5, 0.6) is 0 Å². The van der Waals surface area contributed by atoms with Crippen LogP contribution in [0.15, 0.2) is 11.3 Å². The normalized spacial score (nSPS) is 21.3. The first-order valence-corrected chi connectivity index (χ1v) is 11.0. The molecule has 1 aliphatic rings. The highest BCUT2D eigenvalue weighted by Crippen LogP contribution is 2.46. The zero-order chi connectivity index (χ0) is 22.6. The van der Waals surface area contributed by atoms with Crippen molar-refractivity contribution >= 4 is 50.7 Å². The number of ether oxygens (including phenoxy) is 3. The van der Waals surface area contributed by atoms with Gasteiger partial charge in [-0.3, -0.25) is 19.3 Å². The summed E-state index contributed by atoms with van der Waals surface area (Å²) in [6.07, 6.45) is 0.334. The van der Waals surface area contributed by atoms with Crippen molar-refractivity contribution < 1.29 is 33.4 Å². The standard InChI is InChI=1S/C19H28BrNO7S/c1-8-19(26-7)15(24)21(16(19)29-12(22)9-20)13(11(2)3)14(23)27-10-28-17(25)18(4,5)6/h16H,8-10H2,1-7H3/t16-,19-/m1/s1. The van der Waals surface area contributed by atoms with Crippen LogP contribution in [0, 0.1) is 5.41 Å². The van der Waals surface area contributed by atoms with Gasteiger partial charge in [-0.1, -0.05) is 34.6 Å². The summed E-state index contributed by atoms with van der Waals surface area (Å²) in [6.45, 7) is 9.53. The van der Waals surface area contributed by atoms with E-state index in [-0.39, 0.29) is 16.1 Å². The summed E-state index contributed by atoms with van der Waals surface area (Å²) in [4.78, 5) is 50.7. The van der Waals surface area contributed by atoms with E-state index in [2.05, 4.69) is 15.9 Å².